The van der Waals surface area contributed by atoms with Gasteiger partial charge < -0.3 is 5.11 Å². The topological polar surface area (TPSA) is 118 Å². The van der Waals surface area contributed by atoms with E-state index in [4.69, 9.17) is 5.11 Å². The molecule has 0 aliphatic heterocycles. The third-order valence-electron chi connectivity index (χ3n) is 3.00. The second kappa shape index (κ2) is 7.85. The smallest absolute Gasteiger partial charge is 0.318 e. The lowest BCUT2D eigenvalue weighted by atomic mass is 10.1. The molecule has 0 saturated carbocycles. The molecular formula is C13H18N2O6S. The average Bonchev–Trinajstić information content (AvgIpc) is 2.44. The summed E-state index contributed by atoms with van der Waals surface area (Å²) < 4.78 is 25.3. The van der Waals surface area contributed by atoms with Gasteiger partial charge >= 0.3 is 5.97 Å². The number of sulfonamides is 1. The van der Waals surface area contributed by atoms with Crippen molar-refractivity contribution in [2.24, 2.45) is 0 Å². The minimum absolute atomic E-state index is 0.0423. The van der Waals surface area contributed by atoms with E-state index in [1.807, 2.05) is 0 Å². The fraction of sp³-hybridized carbons (Fsp3) is 0.462. The number of hydrogen-bond donors (Lipinski definition) is 1. The minimum atomic E-state index is -3.79. The maximum absolute atomic E-state index is 12.2. The van der Waals surface area contributed by atoms with Crippen LogP contribution in [0.1, 0.15) is 18.9 Å². The van der Waals surface area contributed by atoms with E-state index in [-0.39, 0.29) is 24.4 Å². The lowest BCUT2D eigenvalue weighted by Crippen LogP contribution is -2.38. The van der Waals surface area contributed by atoms with E-state index >= 15 is 0 Å². The first kappa shape index (κ1) is 18.1. The number of carboxylic acids is 1. The van der Waals surface area contributed by atoms with Gasteiger partial charge in [0.15, 0.2) is 0 Å². The first-order valence-corrected chi connectivity index (χ1v) is 8.30. The molecule has 1 aromatic carbocycles. The molecule has 9 heteroatoms. The average molecular weight is 330 g/mol. The molecule has 8 nitrogen and oxygen atoms in total. The van der Waals surface area contributed by atoms with Gasteiger partial charge in [-0.25, -0.2) is 8.42 Å². The van der Waals surface area contributed by atoms with Crippen LogP contribution in [-0.2, 0) is 21.2 Å². The van der Waals surface area contributed by atoms with Crippen molar-refractivity contribution in [1.82, 2.24) is 4.31 Å². The maximum Gasteiger partial charge on any atom is 0.318 e. The number of rotatable bonds is 9. The Bertz CT molecular complexity index is 644. The van der Waals surface area contributed by atoms with E-state index in [9.17, 15) is 23.3 Å². The SMILES string of the molecule is CCCN(CC(=O)O)S(=O)(=O)CCc1ccccc1[N+](=O)[O-]. The molecule has 22 heavy (non-hydrogen) atoms. The minimum Gasteiger partial charge on any atom is -0.480 e. The molecule has 1 rings (SSSR count). The molecule has 1 aromatic rings. The Morgan fingerprint density at radius 3 is 2.55 bits per heavy atom. The summed E-state index contributed by atoms with van der Waals surface area (Å²) in [6.07, 6.45) is 0.442. The molecule has 122 valence electrons. The highest BCUT2D eigenvalue weighted by Crippen LogP contribution is 2.19. The van der Waals surface area contributed by atoms with Crippen LogP contribution in [-0.4, -0.2) is 47.6 Å². The fourth-order valence-corrected chi connectivity index (χ4v) is 3.49. The highest BCUT2D eigenvalue weighted by molar-refractivity contribution is 7.89. The number of nitro groups is 1. The number of aliphatic carboxylic acids is 1. The molecule has 0 amide bonds. The van der Waals surface area contributed by atoms with E-state index in [0.29, 0.717) is 12.0 Å². The van der Waals surface area contributed by atoms with Crippen molar-refractivity contribution in [2.75, 3.05) is 18.8 Å². The Labute approximate surface area is 128 Å². The number of nitrogens with zero attached hydrogens (tertiary/aromatic N) is 2. The van der Waals surface area contributed by atoms with Crippen LogP contribution in [0.4, 0.5) is 5.69 Å². The number of para-hydroxylation sites is 1. The fourth-order valence-electron chi connectivity index (χ4n) is 1.99. The largest absolute Gasteiger partial charge is 0.480 e. The Kier molecular flexibility index (Phi) is 6.44. The summed E-state index contributed by atoms with van der Waals surface area (Å²) in [5.74, 6) is -1.60. The molecule has 0 fully saturated rings. The van der Waals surface area contributed by atoms with E-state index in [2.05, 4.69) is 0 Å². The van der Waals surface area contributed by atoms with Crippen molar-refractivity contribution >= 4 is 21.7 Å². The molecule has 0 aromatic heterocycles. The van der Waals surface area contributed by atoms with Crippen molar-refractivity contribution in [3.63, 3.8) is 0 Å². The summed E-state index contributed by atoms with van der Waals surface area (Å²) >= 11 is 0. The lowest BCUT2D eigenvalue weighted by molar-refractivity contribution is -0.385. The van der Waals surface area contributed by atoms with Gasteiger partial charge in [-0.1, -0.05) is 25.1 Å². The third kappa shape index (κ3) is 5.08. The van der Waals surface area contributed by atoms with Crippen LogP contribution in [0.3, 0.4) is 0 Å². The number of benzene rings is 1. The molecule has 0 bridgehead atoms. The molecule has 0 heterocycles. The standard InChI is InChI=1S/C13H18N2O6S/c1-2-8-14(10-13(16)17)22(20,21)9-7-11-5-3-4-6-12(11)15(18)19/h3-6H,2,7-10H2,1H3,(H,16,17). The van der Waals surface area contributed by atoms with Gasteiger partial charge in [0.05, 0.1) is 10.7 Å². The maximum atomic E-state index is 12.2. The van der Waals surface area contributed by atoms with Gasteiger partial charge in [0.25, 0.3) is 5.69 Å². The Hall–Kier alpha value is -2.00. The van der Waals surface area contributed by atoms with Crippen molar-refractivity contribution in [2.45, 2.75) is 19.8 Å². The van der Waals surface area contributed by atoms with Crippen LogP contribution in [0.15, 0.2) is 24.3 Å². The number of nitro benzene ring substituents is 1. The van der Waals surface area contributed by atoms with Crippen LogP contribution in [0, 0.1) is 10.1 Å². The number of hydrogen-bond acceptors (Lipinski definition) is 5. The Morgan fingerprint density at radius 1 is 1.36 bits per heavy atom. The van der Waals surface area contributed by atoms with Gasteiger partial charge in [0.2, 0.25) is 10.0 Å². The first-order valence-electron chi connectivity index (χ1n) is 6.70. The Morgan fingerprint density at radius 2 is 2.00 bits per heavy atom. The van der Waals surface area contributed by atoms with Gasteiger partial charge in [-0.2, -0.15) is 4.31 Å². The first-order chi connectivity index (χ1) is 10.3. The van der Waals surface area contributed by atoms with Gasteiger partial charge in [-0.05, 0) is 12.8 Å². The van der Waals surface area contributed by atoms with Gasteiger partial charge in [0, 0.05) is 18.2 Å². The summed E-state index contributed by atoms with van der Waals surface area (Å²) in [6.45, 7) is 1.24. The van der Waals surface area contributed by atoms with Gasteiger partial charge in [-0.3, -0.25) is 14.9 Å². The van der Waals surface area contributed by atoms with E-state index in [1.54, 1.807) is 13.0 Å². The second-order valence-corrected chi connectivity index (χ2v) is 6.77. The molecule has 0 unspecified atom stereocenters. The van der Waals surface area contributed by atoms with Crippen LogP contribution in [0.5, 0.6) is 0 Å². The molecular weight excluding hydrogens is 312 g/mol. The number of aryl methyl sites for hydroxylation is 1. The summed E-state index contributed by atoms with van der Waals surface area (Å²) in [5, 5.41) is 19.7. The highest BCUT2D eigenvalue weighted by atomic mass is 32.2. The predicted octanol–water partition coefficient (Wildman–Crippen LogP) is 1.26. The van der Waals surface area contributed by atoms with Gasteiger partial charge in [-0.15, -0.1) is 0 Å². The van der Waals surface area contributed by atoms with Crippen molar-refractivity contribution in [1.29, 1.82) is 0 Å². The quantitative estimate of drug-likeness (QED) is 0.538. The predicted molar refractivity (Wildman–Crippen MR) is 80.1 cm³/mol. The molecule has 0 aliphatic carbocycles. The number of carboxylic acid groups (broad SMARTS) is 1. The van der Waals surface area contributed by atoms with E-state index in [1.165, 1.54) is 18.2 Å². The van der Waals surface area contributed by atoms with Crippen LogP contribution >= 0.6 is 0 Å². The molecule has 0 saturated heterocycles. The zero-order chi connectivity index (χ0) is 16.8. The molecule has 0 spiro atoms. The summed E-state index contributed by atoms with van der Waals surface area (Å²) in [5.41, 5.74) is 0.167. The van der Waals surface area contributed by atoms with Crippen molar-refractivity contribution < 1.29 is 23.2 Å². The van der Waals surface area contributed by atoms with Crippen LogP contribution in [0.25, 0.3) is 0 Å². The molecule has 0 aliphatic rings. The molecule has 1 N–H and O–H groups in total. The number of carbonyl (C=O) groups is 1. The summed E-state index contributed by atoms with van der Waals surface area (Å²) in [4.78, 5) is 21.1. The Balaban J connectivity index is 2.88. The zero-order valence-electron chi connectivity index (χ0n) is 12.1. The van der Waals surface area contributed by atoms with Crippen LogP contribution in [0.2, 0.25) is 0 Å². The second-order valence-electron chi connectivity index (χ2n) is 4.68. The van der Waals surface area contributed by atoms with Crippen molar-refractivity contribution in [3.8, 4) is 0 Å². The van der Waals surface area contributed by atoms with E-state index in [0.717, 1.165) is 4.31 Å². The zero-order valence-corrected chi connectivity index (χ0v) is 13.0. The van der Waals surface area contributed by atoms with Crippen molar-refractivity contribution in [3.05, 3.63) is 39.9 Å². The lowest BCUT2D eigenvalue weighted by Gasteiger charge is -2.19. The monoisotopic (exact) mass is 330 g/mol. The van der Waals surface area contributed by atoms with Gasteiger partial charge in [0.1, 0.15) is 6.54 Å². The van der Waals surface area contributed by atoms with E-state index < -0.39 is 27.5 Å². The molecule has 0 radical (unpaired) electrons. The normalized spacial score (nSPS) is 11.5. The third-order valence-corrected chi connectivity index (χ3v) is 4.81. The summed E-state index contributed by atoms with van der Waals surface area (Å²) in [6, 6.07) is 5.90. The molecule has 0 atom stereocenters. The van der Waals surface area contributed by atoms with Crippen LogP contribution < -0.4 is 0 Å². The highest BCUT2D eigenvalue weighted by Gasteiger charge is 2.24. The summed E-state index contributed by atoms with van der Waals surface area (Å²) in [7, 11) is -3.79.